The van der Waals surface area contributed by atoms with Crippen molar-refractivity contribution in [2.24, 2.45) is 11.8 Å². The summed E-state index contributed by atoms with van der Waals surface area (Å²) in [6, 6.07) is 3.42. The molecule has 0 aliphatic carbocycles. The molecule has 56 heavy (non-hydrogen) atoms. The predicted molar refractivity (Wildman–Crippen MR) is 205 cm³/mol. The Morgan fingerprint density at radius 1 is 0.607 bits per heavy atom. The molecule has 0 saturated carbocycles. The summed E-state index contributed by atoms with van der Waals surface area (Å²) < 4.78 is 0. The maximum atomic E-state index is 14.3. The molecule has 4 aliphatic rings. The third kappa shape index (κ3) is 10.2. The van der Waals surface area contributed by atoms with Crippen molar-refractivity contribution in [2.45, 2.75) is 122 Å². The van der Waals surface area contributed by atoms with Gasteiger partial charge in [0.2, 0.25) is 47.3 Å². The fourth-order valence-electron chi connectivity index (χ4n) is 8.20. The van der Waals surface area contributed by atoms with Gasteiger partial charge >= 0.3 is 0 Å². The molecule has 7 unspecified atom stereocenters. The van der Waals surface area contributed by atoms with E-state index in [1.807, 2.05) is 33.8 Å². The van der Waals surface area contributed by atoms with E-state index in [0.717, 1.165) is 5.56 Å². The number of hydrogen-bond acceptors (Lipinski definition) is 8. The SMILES string of the molecule is CCC(C)C1NC(=O)C2CCCN2C(=O)C2CCCN2C(=O)C2CCCN2C(=O)C(CC(C)C)NC(=O)CNC(=O)CNC(=O)C(Cc2ccccc2)NC1=O. The lowest BCUT2D eigenvalue weighted by atomic mass is 9.96. The molecule has 8 amide bonds. The first-order valence-electron chi connectivity index (χ1n) is 20.2. The molecule has 1 aromatic carbocycles. The minimum atomic E-state index is -1.12. The lowest BCUT2D eigenvalue weighted by Crippen LogP contribution is -2.60. The molecule has 5 N–H and O–H groups in total. The highest BCUT2D eigenvalue weighted by Gasteiger charge is 2.47. The van der Waals surface area contributed by atoms with Crippen LogP contribution in [0.2, 0.25) is 0 Å². The van der Waals surface area contributed by atoms with Gasteiger partial charge in [-0.25, -0.2) is 0 Å². The molecular weight excluding hydrogens is 720 g/mol. The van der Waals surface area contributed by atoms with Crippen LogP contribution in [0.1, 0.15) is 84.6 Å². The van der Waals surface area contributed by atoms with Gasteiger partial charge < -0.3 is 41.3 Å². The number of carbonyl (C=O) groups excluding carboxylic acids is 8. The van der Waals surface area contributed by atoms with Gasteiger partial charge in [-0.1, -0.05) is 64.4 Å². The van der Waals surface area contributed by atoms with Gasteiger partial charge in [0.1, 0.15) is 36.3 Å². The first-order valence-corrected chi connectivity index (χ1v) is 20.2. The third-order valence-corrected chi connectivity index (χ3v) is 11.4. The number of amides is 8. The number of rotatable bonds is 6. The van der Waals surface area contributed by atoms with Gasteiger partial charge in [-0.3, -0.25) is 38.4 Å². The standard InChI is InChI=1S/C40H58N8O8/c1-5-25(4)34-37(53)44-27(21-26-12-7-6-8-13-26)35(51)42-22-32(49)41-23-33(50)43-28(20-24(2)3)38(54)47-18-10-15-30(47)40(56)48-19-11-16-31(48)39(55)46-17-9-14-29(46)36(52)45-34/h6-8,12-13,24-25,27-31,34H,5,9-11,14-23H2,1-4H3,(H,41,49)(H,42,51)(H,43,50)(H,44,53)(H,45,52). The smallest absolute Gasteiger partial charge is 0.246 e. The van der Waals surface area contributed by atoms with E-state index >= 15 is 0 Å². The zero-order valence-corrected chi connectivity index (χ0v) is 33.0. The van der Waals surface area contributed by atoms with E-state index in [1.165, 1.54) is 9.80 Å². The van der Waals surface area contributed by atoms with Crippen molar-refractivity contribution >= 4 is 47.3 Å². The molecule has 16 heteroatoms. The van der Waals surface area contributed by atoms with Crippen LogP contribution in [0.15, 0.2) is 30.3 Å². The third-order valence-electron chi connectivity index (χ3n) is 11.4. The Morgan fingerprint density at radius 3 is 1.75 bits per heavy atom. The van der Waals surface area contributed by atoms with Gasteiger partial charge in [-0.15, -0.1) is 0 Å². The van der Waals surface area contributed by atoms with Gasteiger partial charge in [-0.2, -0.15) is 0 Å². The molecule has 16 nitrogen and oxygen atoms in total. The highest BCUT2D eigenvalue weighted by molar-refractivity contribution is 5.98. The predicted octanol–water partition coefficient (Wildman–Crippen LogP) is -0.00530. The number of fused-ring (bicyclic) bond motifs is 3. The summed E-state index contributed by atoms with van der Waals surface area (Å²) >= 11 is 0. The number of nitrogens with one attached hydrogen (secondary N) is 5. The van der Waals surface area contributed by atoms with Crippen molar-refractivity contribution in [3.05, 3.63) is 35.9 Å². The van der Waals surface area contributed by atoms with Crippen LogP contribution in [0.3, 0.4) is 0 Å². The quantitative estimate of drug-likeness (QED) is 0.265. The normalized spacial score (nSPS) is 28.4. The van der Waals surface area contributed by atoms with Crippen molar-refractivity contribution in [1.82, 2.24) is 41.3 Å². The molecule has 1 aromatic rings. The largest absolute Gasteiger partial charge is 0.346 e. The highest BCUT2D eigenvalue weighted by Crippen LogP contribution is 2.29. The number of hydrogen-bond donors (Lipinski definition) is 5. The van der Waals surface area contributed by atoms with Crippen LogP contribution in [0.4, 0.5) is 0 Å². The average Bonchev–Trinajstić information content (AvgIpc) is 3.98. The summed E-state index contributed by atoms with van der Waals surface area (Å²) in [5.74, 6) is -4.41. The Labute approximate surface area is 328 Å². The van der Waals surface area contributed by atoms with E-state index < -0.39 is 84.8 Å². The minimum Gasteiger partial charge on any atom is -0.346 e. The second-order valence-electron chi connectivity index (χ2n) is 15.9. The fraction of sp³-hybridized carbons (Fsp3) is 0.650. The first-order chi connectivity index (χ1) is 26.8. The summed E-state index contributed by atoms with van der Waals surface area (Å²) in [5, 5.41) is 13.5. The van der Waals surface area contributed by atoms with Gasteiger partial charge in [0.15, 0.2) is 0 Å². The van der Waals surface area contributed by atoms with E-state index in [0.29, 0.717) is 71.0 Å². The molecule has 5 rings (SSSR count). The van der Waals surface area contributed by atoms with Crippen molar-refractivity contribution in [2.75, 3.05) is 32.7 Å². The van der Waals surface area contributed by atoms with Gasteiger partial charge in [0, 0.05) is 26.1 Å². The topological polar surface area (TPSA) is 206 Å². The molecule has 4 fully saturated rings. The fourth-order valence-corrected chi connectivity index (χ4v) is 8.20. The van der Waals surface area contributed by atoms with Crippen molar-refractivity contribution in [1.29, 1.82) is 0 Å². The van der Waals surface area contributed by atoms with Crippen LogP contribution in [-0.4, -0.2) is 131 Å². The summed E-state index contributed by atoms with van der Waals surface area (Å²) in [7, 11) is 0. The molecule has 306 valence electrons. The Bertz CT molecular complexity index is 1640. The number of nitrogens with zero attached hydrogens (tertiary/aromatic N) is 3. The van der Waals surface area contributed by atoms with Crippen molar-refractivity contribution in [3.63, 3.8) is 0 Å². The maximum Gasteiger partial charge on any atom is 0.246 e. The van der Waals surface area contributed by atoms with E-state index in [9.17, 15) is 38.4 Å². The Balaban J connectivity index is 1.45. The molecule has 4 saturated heterocycles. The molecule has 0 aromatic heterocycles. The van der Waals surface area contributed by atoms with Crippen LogP contribution < -0.4 is 26.6 Å². The highest BCUT2D eigenvalue weighted by atomic mass is 16.2. The van der Waals surface area contributed by atoms with Crippen molar-refractivity contribution in [3.8, 4) is 0 Å². The molecule has 0 radical (unpaired) electrons. The Hall–Kier alpha value is -5.02. The molecule has 7 atom stereocenters. The Kier molecular flexibility index (Phi) is 14.5. The minimum absolute atomic E-state index is 0.00799. The molecule has 4 aliphatic heterocycles. The summed E-state index contributed by atoms with van der Waals surface area (Å²) in [6.07, 6.45) is 3.82. The average molecular weight is 779 g/mol. The van der Waals surface area contributed by atoms with Crippen LogP contribution >= 0.6 is 0 Å². The van der Waals surface area contributed by atoms with Gasteiger partial charge in [-0.05, 0) is 62.3 Å². The van der Waals surface area contributed by atoms with E-state index in [1.54, 1.807) is 29.2 Å². The van der Waals surface area contributed by atoms with Gasteiger partial charge in [0.05, 0.1) is 13.1 Å². The lowest BCUT2D eigenvalue weighted by Gasteiger charge is -2.35. The summed E-state index contributed by atoms with van der Waals surface area (Å²) in [4.78, 5) is 115. The Morgan fingerprint density at radius 2 is 1.16 bits per heavy atom. The molecular formula is C40H58N8O8. The van der Waals surface area contributed by atoms with Crippen LogP contribution in [0.25, 0.3) is 0 Å². The molecule has 0 spiro atoms. The van der Waals surface area contributed by atoms with E-state index in [4.69, 9.17) is 0 Å². The molecule has 0 bridgehead atoms. The monoisotopic (exact) mass is 778 g/mol. The number of benzene rings is 1. The first kappa shape index (κ1) is 42.1. The van der Waals surface area contributed by atoms with Crippen LogP contribution in [0, 0.1) is 11.8 Å². The van der Waals surface area contributed by atoms with Crippen LogP contribution in [-0.2, 0) is 44.8 Å². The number of carbonyl (C=O) groups is 8. The van der Waals surface area contributed by atoms with Crippen molar-refractivity contribution < 1.29 is 38.4 Å². The van der Waals surface area contributed by atoms with E-state index in [2.05, 4.69) is 26.6 Å². The zero-order valence-electron chi connectivity index (χ0n) is 33.0. The maximum absolute atomic E-state index is 14.3. The van der Waals surface area contributed by atoms with Gasteiger partial charge in [0.25, 0.3) is 0 Å². The zero-order chi connectivity index (χ0) is 40.5. The summed E-state index contributed by atoms with van der Waals surface area (Å²) in [6.45, 7) is 7.51. The molecule has 4 heterocycles. The lowest BCUT2D eigenvalue weighted by molar-refractivity contribution is -0.151. The van der Waals surface area contributed by atoms with E-state index in [-0.39, 0.29) is 30.1 Å². The summed E-state index contributed by atoms with van der Waals surface area (Å²) in [5.41, 5.74) is 0.747. The second-order valence-corrected chi connectivity index (χ2v) is 15.9. The van der Waals surface area contributed by atoms with Crippen LogP contribution in [0.5, 0.6) is 0 Å². The second kappa shape index (κ2) is 19.2.